The Kier molecular flexibility index (Phi) is 2.14. The number of carbonyl (C=O) groups excluding carboxylic acids is 2. The van der Waals surface area contributed by atoms with Crippen molar-refractivity contribution in [3.05, 3.63) is 29.8 Å². The Balaban J connectivity index is 2.15. The lowest BCUT2D eigenvalue weighted by Gasteiger charge is -2.53. The molecule has 2 heterocycles. The average Bonchev–Trinajstić information content (AvgIpc) is 2.39. The van der Waals surface area contributed by atoms with Crippen LogP contribution in [-0.2, 0) is 4.79 Å². The molecule has 0 aliphatic carbocycles. The predicted octanol–water partition coefficient (Wildman–Crippen LogP) is 1.12. The van der Waals surface area contributed by atoms with E-state index in [-0.39, 0.29) is 11.8 Å². The summed E-state index contributed by atoms with van der Waals surface area (Å²) in [5.74, 6) is -0.243. The third kappa shape index (κ3) is 1.27. The summed E-state index contributed by atoms with van der Waals surface area (Å²) in [7, 11) is 1.95. The normalized spacial score (nSPS) is 26.6. The number of para-hydroxylation sites is 1. The Morgan fingerprint density at radius 3 is 2.78 bits per heavy atom. The van der Waals surface area contributed by atoms with Gasteiger partial charge in [-0.1, -0.05) is 12.1 Å². The zero-order valence-electron chi connectivity index (χ0n) is 10.4. The van der Waals surface area contributed by atoms with Crippen molar-refractivity contribution in [2.45, 2.75) is 25.4 Å². The smallest absolute Gasteiger partial charge is 0.276 e. The molecule has 2 aliphatic rings. The molecule has 2 amide bonds. The zero-order valence-corrected chi connectivity index (χ0v) is 10.4. The monoisotopic (exact) mass is 245 g/mol. The maximum atomic E-state index is 12.4. The number of nitrogens with one attached hydrogen (secondary N) is 1. The number of anilines is 1. The molecule has 1 aromatic rings. The predicted molar refractivity (Wildman–Crippen MR) is 66.8 cm³/mol. The SMILES string of the molecule is CN1c2ccccc2C(=O)N2NC(=O)CCC21C. The van der Waals surface area contributed by atoms with Crippen molar-refractivity contribution in [2.24, 2.45) is 0 Å². The Hall–Kier alpha value is -2.04. The highest BCUT2D eigenvalue weighted by molar-refractivity contribution is 6.03. The van der Waals surface area contributed by atoms with E-state index in [2.05, 4.69) is 10.3 Å². The maximum Gasteiger partial charge on any atom is 0.276 e. The van der Waals surface area contributed by atoms with Gasteiger partial charge in [0.15, 0.2) is 0 Å². The Labute approximate surface area is 105 Å². The highest BCUT2D eigenvalue weighted by atomic mass is 16.2. The minimum absolute atomic E-state index is 0.103. The van der Waals surface area contributed by atoms with Crippen LogP contribution in [0.4, 0.5) is 5.69 Å². The first-order chi connectivity index (χ1) is 8.54. The van der Waals surface area contributed by atoms with Gasteiger partial charge in [0.25, 0.3) is 5.91 Å². The van der Waals surface area contributed by atoms with Crippen molar-refractivity contribution in [1.82, 2.24) is 10.4 Å². The summed E-state index contributed by atoms with van der Waals surface area (Å²) in [6.07, 6.45) is 1.07. The van der Waals surface area contributed by atoms with Gasteiger partial charge in [0.05, 0.1) is 11.3 Å². The summed E-state index contributed by atoms with van der Waals surface area (Å²) in [4.78, 5) is 26.0. The minimum Gasteiger partial charge on any atom is -0.350 e. The molecule has 1 aromatic carbocycles. The van der Waals surface area contributed by atoms with E-state index in [4.69, 9.17) is 0 Å². The molecule has 18 heavy (non-hydrogen) atoms. The standard InChI is InChI=1S/C13H15N3O2/c1-13-8-7-11(17)14-16(13)12(18)9-5-3-4-6-10(9)15(13)2/h3-6H,7-8H2,1-2H3,(H,14,17). The van der Waals surface area contributed by atoms with Crippen molar-refractivity contribution in [1.29, 1.82) is 0 Å². The van der Waals surface area contributed by atoms with E-state index < -0.39 is 5.66 Å². The molecule has 0 bridgehead atoms. The number of nitrogens with zero attached hydrogens (tertiary/aromatic N) is 2. The number of hydrazine groups is 1. The molecule has 2 aliphatic heterocycles. The number of hydrogen-bond donors (Lipinski definition) is 1. The quantitative estimate of drug-likeness (QED) is 0.745. The fourth-order valence-electron chi connectivity index (χ4n) is 2.68. The molecule has 0 radical (unpaired) electrons. The van der Waals surface area contributed by atoms with Crippen LogP contribution in [0.15, 0.2) is 24.3 Å². The molecule has 5 nitrogen and oxygen atoms in total. The van der Waals surface area contributed by atoms with Crippen LogP contribution in [0.25, 0.3) is 0 Å². The third-order valence-corrected chi connectivity index (χ3v) is 3.97. The van der Waals surface area contributed by atoms with Gasteiger partial charge in [-0.15, -0.1) is 0 Å². The highest BCUT2D eigenvalue weighted by Gasteiger charge is 2.48. The van der Waals surface area contributed by atoms with Crippen LogP contribution in [0.3, 0.4) is 0 Å². The van der Waals surface area contributed by atoms with Crippen molar-refractivity contribution in [3.8, 4) is 0 Å². The largest absolute Gasteiger partial charge is 0.350 e. The van der Waals surface area contributed by atoms with Gasteiger partial charge in [0.1, 0.15) is 5.66 Å². The summed E-state index contributed by atoms with van der Waals surface area (Å²) in [5, 5.41) is 1.46. The van der Waals surface area contributed by atoms with Crippen LogP contribution in [0.1, 0.15) is 30.1 Å². The second-order valence-corrected chi connectivity index (χ2v) is 4.97. The van der Waals surface area contributed by atoms with Crippen LogP contribution < -0.4 is 10.3 Å². The van der Waals surface area contributed by atoms with Gasteiger partial charge in [-0.05, 0) is 25.5 Å². The molecule has 5 heteroatoms. The third-order valence-electron chi connectivity index (χ3n) is 3.97. The number of carbonyl (C=O) groups is 2. The van der Waals surface area contributed by atoms with Crippen LogP contribution in [0, 0.1) is 0 Å². The van der Waals surface area contributed by atoms with Crippen molar-refractivity contribution in [3.63, 3.8) is 0 Å². The van der Waals surface area contributed by atoms with Crippen molar-refractivity contribution >= 4 is 17.5 Å². The lowest BCUT2D eigenvalue weighted by Crippen LogP contribution is -2.70. The summed E-state index contributed by atoms with van der Waals surface area (Å²) < 4.78 is 0. The van der Waals surface area contributed by atoms with Gasteiger partial charge in [0, 0.05) is 13.5 Å². The fourth-order valence-corrected chi connectivity index (χ4v) is 2.68. The molecule has 0 saturated carbocycles. The van der Waals surface area contributed by atoms with Gasteiger partial charge in [0.2, 0.25) is 5.91 Å². The van der Waals surface area contributed by atoms with Gasteiger partial charge < -0.3 is 4.90 Å². The van der Waals surface area contributed by atoms with E-state index in [9.17, 15) is 9.59 Å². The molecule has 1 atom stereocenters. The van der Waals surface area contributed by atoms with Crippen molar-refractivity contribution < 1.29 is 9.59 Å². The van der Waals surface area contributed by atoms with Crippen LogP contribution in [0.2, 0.25) is 0 Å². The summed E-state index contributed by atoms with van der Waals surface area (Å²) in [5.41, 5.74) is 3.74. The van der Waals surface area contributed by atoms with E-state index in [1.54, 1.807) is 6.07 Å². The first kappa shape index (κ1) is 11.1. The van der Waals surface area contributed by atoms with Gasteiger partial charge in [-0.2, -0.15) is 0 Å². The minimum atomic E-state index is -0.487. The van der Waals surface area contributed by atoms with Gasteiger partial charge >= 0.3 is 0 Å². The van der Waals surface area contributed by atoms with Crippen molar-refractivity contribution in [2.75, 3.05) is 11.9 Å². The van der Waals surface area contributed by atoms with Crippen LogP contribution >= 0.6 is 0 Å². The van der Waals surface area contributed by atoms with E-state index in [0.29, 0.717) is 18.4 Å². The molecule has 94 valence electrons. The molecule has 1 N–H and O–H groups in total. The topological polar surface area (TPSA) is 52.7 Å². The summed E-state index contributed by atoms with van der Waals surface area (Å²) in [6.45, 7) is 1.97. The van der Waals surface area contributed by atoms with Gasteiger partial charge in [-0.25, -0.2) is 5.01 Å². The van der Waals surface area contributed by atoms with E-state index >= 15 is 0 Å². The molecule has 1 fully saturated rings. The van der Waals surface area contributed by atoms with E-state index in [0.717, 1.165) is 5.69 Å². The lowest BCUT2D eigenvalue weighted by molar-refractivity contribution is -0.132. The van der Waals surface area contributed by atoms with Crippen LogP contribution in [0.5, 0.6) is 0 Å². The second-order valence-electron chi connectivity index (χ2n) is 4.97. The fraction of sp³-hybridized carbons (Fsp3) is 0.385. The Morgan fingerprint density at radius 2 is 2.00 bits per heavy atom. The molecule has 0 spiro atoms. The Morgan fingerprint density at radius 1 is 1.28 bits per heavy atom. The van der Waals surface area contributed by atoms with E-state index in [1.807, 2.05) is 32.2 Å². The molecule has 1 unspecified atom stereocenters. The highest BCUT2D eigenvalue weighted by Crippen LogP contribution is 2.38. The van der Waals surface area contributed by atoms with E-state index in [1.165, 1.54) is 5.01 Å². The molecule has 1 saturated heterocycles. The first-order valence-electron chi connectivity index (χ1n) is 6.01. The summed E-state index contributed by atoms with van der Waals surface area (Å²) >= 11 is 0. The number of hydrogen-bond acceptors (Lipinski definition) is 3. The average molecular weight is 245 g/mol. The summed E-state index contributed by atoms with van der Waals surface area (Å²) in [6, 6.07) is 7.48. The number of fused-ring (bicyclic) bond motifs is 2. The second kappa shape index (κ2) is 3.48. The molecule has 0 aromatic heterocycles. The zero-order chi connectivity index (χ0) is 12.9. The molecular weight excluding hydrogens is 230 g/mol. The lowest BCUT2D eigenvalue weighted by atomic mass is 9.94. The number of rotatable bonds is 0. The maximum absolute atomic E-state index is 12.4. The van der Waals surface area contributed by atoms with Gasteiger partial charge in [-0.3, -0.25) is 15.0 Å². The first-order valence-corrected chi connectivity index (χ1v) is 6.01. The Bertz CT molecular complexity index is 543. The molecular formula is C13H15N3O2. The number of amides is 2. The molecule has 3 rings (SSSR count). The van der Waals surface area contributed by atoms with Crippen LogP contribution in [-0.4, -0.2) is 29.5 Å². The number of benzene rings is 1.